The number of nitrogens with zero attached hydrogens (tertiary/aromatic N) is 3. The molecule has 1 amide bonds. The molecule has 2 aromatic carbocycles. The number of halogens is 3. The molecule has 10 heteroatoms. The van der Waals surface area contributed by atoms with E-state index in [1.807, 2.05) is 13.1 Å². The predicted molar refractivity (Wildman–Crippen MR) is 123 cm³/mol. The number of hydrogen-bond donors (Lipinski definition) is 2. The van der Waals surface area contributed by atoms with Crippen LogP contribution in [-0.2, 0) is 12.7 Å². The van der Waals surface area contributed by atoms with Crippen LogP contribution < -0.4 is 10.1 Å². The Balaban J connectivity index is 1.46. The van der Waals surface area contributed by atoms with Gasteiger partial charge in [0.25, 0.3) is 5.91 Å². The number of alkyl halides is 3. The molecule has 35 heavy (non-hydrogen) atoms. The lowest BCUT2D eigenvalue weighted by molar-refractivity contribution is -0.138. The van der Waals surface area contributed by atoms with Crippen LogP contribution in [0.2, 0.25) is 0 Å². The molecule has 2 N–H and O–H groups in total. The Hall–Kier alpha value is -3.37. The van der Waals surface area contributed by atoms with Crippen molar-refractivity contribution in [1.29, 1.82) is 0 Å². The first kappa shape index (κ1) is 24.7. The maximum Gasteiger partial charge on any atom is 0.416 e. The summed E-state index contributed by atoms with van der Waals surface area (Å²) in [5, 5.41) is 13.2. The number of methoxy groups -OCH3 is 1. The zero-order valence-electron chi connectivity index (χ0n) is 19.4. The molecule has 7 nitrogen and oxygen atoms in total. The fourth-order valence-corrected chi connectivity index (χ4v) is 4.42. The van der Waals surface area contributed by atoms with Crippen LogP contribution >= 0.6 is 0 Å². The molecule has 186 valence electrons. The Morgan fingerprint density at radius 2 is 2.00 bits per heavy atom. The van der Waals surface area contributed by atoms with Crippen molar-refractivity contribution in [3.8, 4) is 11.4 Å². The number of aliphatic hydroxyl groups excluding tert-OH is 1. The summed E-state index contributed by atoms with van der Waals surface area (Å²) in [4.78, 5) is 18.9. The Morgan fingerprint density at radius 1 is 1.23 bits per heavy atom. The molecule has 3 aromatic rings. The second kappa shape index (κ2) is 10.1. The largest absolute Gasteiger partial charge is 0.495 e. The quantitative estimate of drug-likeness (QED) is 0.555. The highest BCUT2D eigenvalue weighted by molar-refractivity contribution is 5.95. The lowest BCUT2D eigenvalue weighted by atomic mass is 10.00. The predicted octanol–water partition coefficient (Wildman–Crippen LogP) is 3.57. The minimum atomic E-state index is -4.46. The first-order valence-electron chi connectivity index (χ1n) is 11.2. The van der Waals surface area contributed by atoms with Gasteiger partial charge in [-0.15, -0.1) is 0 Å². The number of nitrogens with one attached hydrogen (secondary N) is 1. The second-order valence-electron chi connectivity index (χ2n) is 8.72. The summed E-state index contributed by atoms with van der Waals surface area (Å²) in [6.45, 7) is 2.43. The molecule has 4 rings (SSSR count). The molecule has 1 saturated heterocycles. The van der Waals surface area contributed by atoms with Crippen LogP contribution in [0.1, 0.15) is 33.6 Å². The second-order valence-corrected chi connectivity index (χ2v) is 8.72. The Labute approximate surface area is 201 Å². The lowest BCUT2D eigenvalue weighted by Crippen LogP contribution is -2.52. The molecule has 0 aliphatic carbocycles. The van der Waals surface area contributed by atoms with Gasteiger partial charge in [-0.3, -0.25) is 9.69 Å². The number of piperidine rings is 1. The number of hydrogen-bond acceptors (Lipinski definition) is 5. The number of aromatic nitrogens is 2. The molecule has 1 aromatic heterocycles. The third-order valence-corrected chi connectivity index (χ3v) is 5.99. The third-order valence-electron chi connectivity index (χ3n) is 5.99. The van der Waals surface area contributed by atoms with Gasteiger partial charge in [-0.05, 0) is 43.2 Å². The highest BCUT2D eigenvalue weighted by atomic mass is 19.4. The molecule has 2 heterocycles. The summed E-state index contributed by atoms with van der Waals surface area (Å²) < 4.78 is 47.4. The average molecular weight is 489 g/mol. The van der Waals surface area contributed by atoms with Crippen LogP contribution in [0, 0.1) is 6.92 Å². The fourth-order valence-electron chi connectivity index (χ4n) is 4.42. The van der Waals surface area contributed by atoms with Gasteiger partial charge in [-0.25, -0.2) is 4.98 Å². The average Bonchev–Trinajstić information content (AvgIpc) is 3.24. The SMILES string of the molecule is COc1cc(C(=O)NC2CC(O)CN(Cc3ccccc3C(F)(F)F)C2)ccc1-n1cnc(C)c1. The van der Waals surface area contributed by atoms with Crippen LogP contribution in [0.15, 0.2) is 55.0 Å². The summed E-state index contributed by atoms with van der Waals surface area (Å²) >= 11 is 0. The summed E-state index contributed by atoms with van der Waals surface area (Å²) in [5.74, 6) is 0.135. The van der Waals surface area contributed by atoms with Gasteiger partial charge in [0.2, 0.25) is 0 Å². The molecule has 0 bridgehead atoms. The summed E-state index contributed by atoms with van der Waals surface area (Å²) in [7, 11) is 1.51. The Bertz CT molecular complexity index is 1190. The van der Waals surface area contributed by atoms with Crippen molar-refractivity contribution >= 4 is 5.91 Å². The van der Waals surface area contributed by atoms with Crippen molar-refractivity contribution in [2.24, 2.45) is 0 Å². The molecule has 2 atom stereocenters. The van der Waals surface area contributed by atoms with E-state index in [1.165, 1.54) is 19.2 Å². The van der Waals surface area contributed by atoms with Gasteiger partial charge < -0.3 is 19.7 Å². The van der Waals surface area contributed by atoms with Gasteiger partial charge in [0.1, 0.15) is 5.75 Å². The van der Waals surface area contributed by atoms with E-state index >= 15 is 0 Å². The molecule has 0 spiro atoms. The van der Waals surface area contributed by atoms with E-state index < -0.39 is 23.9 Å². The number of likely N-dealkylation sites (tertiary alicyclic amines) is 1. The lowest BCUT2D eigenvalue weighted by Gasteiger charge is -2.36. The van der Waals surface area contributed by atoms with Gasteiger partial charge >= 0.3 is 6.18 Å². The van der Waals surface area contributed by atoms with E-state index in [0.717, 1.165) is 17.4 Å². The first-order valence-corrected chi connectivity index (χ1v) is 11.2. The number of amides is 1. The first-order chi connectivity index (χ1) is 16.6. The van der Waals surface area contributed by atoms with Crippen molar-refractivity contribution in [1.82, 2.24) is 19.8 Å². The Morgan fingerprint density at radius 3 is 2.69 bits per heavy atom. The van der Waals surface area contributed by atoms with Crippen molar-refractivity contribution in [3.63, 3.8) is 0 Å². The number of carbonyl (C=O) groups is 1. The molecular formula is C25H27F3N4O3. The smallest absolute Gasteiger partial charge is 0.416 e. The van der Waals surface area contributed by atoms with Crippen LogP contribution in [0.3, 0.4) is 0 Å². The van der Waals surface area contributed by atoms with Crippen molar-refractivity contribution in [2.75, 3.05) is 20.2 Å². The summed E-state index contributed by atoms with van der Waals surface area (Å²) in [5.41, 5.74) is 1.38. The minimum Gasteiger partial charge on any atom is -0.495 e. The topological polar surface area (TPSA) is 79.6 Å². The number of β-amino-alcohol motifs (C(OH)–C–C–N with tert-alkyl or cyclic N) is 1. The van der Waals surface area contributed by atoms with Crippen LogP contribution in [0.25, 0.3) is 5.69 Å². The Kier molecular flexibility index (Phi) is 7.13. The van der Waals surface area contributed by atoms with Crippen LogP contribution in [-0.4, -0.2) is 57.8 Å². The van der Waals surface area contributed by atoms with Gasteiger partial charge in [0.15, 0.2) is 0 Å². The van der Waals surface area contributed by atoms with Crippen LogP contribution in [0.4, 0.5) is 13.2 Å². The minimum absolute atomic E-state index is 0.0198. The molecule has 1 fully saturated rings. The third kappa shape index (κ3) is 5.83. The van der Waals surface area contributed by atoms with Crippen molar-refractivity contribution < 1.29 is 27.8 Å². The molecule has 1 aliphatic heterocycles. The number of imidazole rings is 1. The van der Waals surface area contributed by atoms with Crippen molar-refractivity contribution in [3.05, 3.63) is 77.4 Å². The fraction of sp³-hybridized carbons (Fsp3) is 0.360. The van der Waals surface area contributed by atoms with E-state index in [2.05, 4.69) is 10.3 Å². The van der Waals surface area contributed by atoms with E-state index in [4.69, 9.17) is 4.74 Å². The van der Waals surface area contributed by atoms with Gasteiger partial charge in [0, 0.05) is 37.4 Å². The number of aliphatic hydroxyl groups is 1. The van der Waals surface area contributed by atoms with E-state index in [-0.39, 0.29) is 24.6 Å². The van der Waals surface area contributed by atoms with Crippen LogP contribution in [0.5, 0.6) is 5.75 Å². The van der Waals surface area contributed by atoms with Crippen molar-refractivity contribution in [2.45, 2.75) is 38.2 Å². The molecule has 1 aliphatic rings. The summed E-state index contributed by atoms with van der Waals surface area (Å²) in [6, 6.07) is 10.0. The molecule has 0 saturated carbocycles. The standard InChI is InChI=1S/C25H27F3N4O3/c1-16-11-32(15-29-16)22-8-7-17(9-23(22)35-2)24(34)30-19-10-20(33)14-31(13-19)12-18-5-3-4-6-21(18)25(26,27)28/h3-9,11,15,19-20,33H,10,12-14H2,1-2H3,(H,30,34). The molecule has 0 radical (unpaired) electrons. The monoisotopic (exact) mass is 488 g/mol. The zero-order valence-corrected chi connectivity index (χ0v) is 19.4. The molecule has 2 unspecified atom stereocenters. The van der Waals surface area contributed by atoms with E-state index in [9.17, 15) is 23.1 Å². The number of ether oxygens (including phenoxy) is 1. The number of rotatable bonds is 6. The summed E-state index contributed by atoms with van der Waals surface area (Å²) in [6.07, 6.45) is -1.42. The zero-order chi connectivity index (χ0) is 25.2. The highest BCUT2D eigenvalue weighted by Crippen LogP contribution is 2.33. The van der Waals surface area contributed by atoms with E-state index in [1.54, 1.807) is 40.1 Å². The van der Waals surface area contributed by atoms with Gasteiger partial charge in [-0.1, -0.05) is 18.2 Å². The normalized spacial score (nSPS) is 18.9. The van der Waals surface area contributed by atoms with E-state index in [0.29, 0.717) is 24.3 Å². The maximum absolute atomic E-state index is 13.4. The number of aryl methyl sites for hydroxylation is 1. The highest BCUT2D eigenvalue weighted by Gasteiger charge is 2.34. The maximum atomic E-state index is 13.4. The van der Waals surface area contributed by atoms with Gasteiger partial charge in [0.05, 0.1) is 36.5 Å². The number of carbonyl (C=O) groups excluding carboxylic acids is 1. The number of benzene rings is 2. The molecular weight excluding hydrogens is 461 g/mol. The van der Waals surface area contributed by atoms with Gasteiger partial charge in [-0.2, -0.15) is 13.2 Å².